The summed E-state index contributed by atoms with van der Waals surface area (Å²) < 4.78 is 33.3. The number of nitrogens with one attached hydrogen (secondary N) is 3. The standard InChI is InChI=1S/C24H29BrN6O3S/c1-3-6-17-15-18(31-11-13-34-14-12-31)9-10-20(17)29-24-27-16-19(25)23(30-24)28-21-7-4-5-8-22(21)35(32,33)26-2/h4-5,7-10,15-16,26H,3,6,11-14H2,1-2H3,(H2,27,28,29,30). The first-order chi connectivity index (χ1) is 16.9. The van der Waals surface area contributed by atoms with E-state index in [-0.39, 0.29) is 4.90 Å². The van der Waals surface area contributed by atoms with Gasteiger partial charge < -0.3 is 20.3 Å². The second kappa shape index (κ2) is 11.3. The molecular formula is C24H29BrN6O3S. The molecule has 11 heteroatoms. The fraction of sp³-hybridized carbons (Fsp3) is 0.333. The van der Waals surface area contributed by atoms with E-state index >= 15 is 0 Å². The summed E-state index contributed by atoms with van der Waals surface area (Å²) >= 11 is 3.46. The van der Waals surface area contributed by atoms with Crippen molar-refractivity contribution >= 4 is 54.8 Å². The highest BCUT2D eigenvalue weighted by molar-refractivity contribution is 9.10. The highest BCUT2D eigenvalue weighted by Gasteiger charge is 2.18. The topological polar surface area (TPSA) is 108 Å². The number of sulfonamides is 1. The van der Waals surface area contributed by atoms with E-state index < -0.39 is 10.0 Å². The Morgan fingerprint density at radius 2 is 1.86 bits per heavy atom. The van der Waals surface area contributed by atoms with Crippen molar-refractivity contribution in [1.29, 1.82) is 0 Å². The molecule has 0 saturated carbocycles. The van der Waals surface area contributed by atoms with Gasteiger partial charge in [-0.25, -0.2) is 18.1 Å². The largest absolute Gasteiger partial charge is 0.378 e. The van der Waals surface area contributed by atoms with Gasteiger partial charge in [-0.15, -0.1) is 0 Å². The molecule has 0 radical (unpaired) electrons. The second-order valence-corrected chi connectivity index (χ2v) is 10.7. The maximum atomic E-state index is 12.4. The van der Waals surface area contributed by atoms with Crippen LogP contribution in [0.15, 0.2) is 58.0 Å². The summed E-state index contributed by atoms with van der Waals surface area (Å²) in [4.78, 5) is 11.5. The summed E-state index contributed by atoms with van der Waals surface area (Å²) in [5.74, 6) is 0.851. The molecule has 1 saturated heterocycles. The molecule has 1 aliphatic heterocycles. The van der Waals surface area contributed by atoms with Gasteiger partial charge in [-0.3, -0.25) is 0 Å². The molecule has 1 aromatic heterocycles. The van der Waals surface area contributed by atoms with Crippen molar-refractivity contribution in [2.24, 2.45) is 0 Å². The number of morpholine rings is 1. The van der Waals surface area contributed by atoms with Crippen LogP contribution in [-0.4, -0.2) is 51.7 Å². The second-order valence-electron chi connectivity index (χ2n) is 8.03. The average molecular weight is 562 g/mol. The van der Waals surface area contributed by atoms with Crippen LogP contribution in [0.1, 0.15) is 18.9 Å². The number of rotatable bonds is 9. The maximum absolute atomic E-state index is 12.4. The Kier molecular flexibility index (Phi) is 8.22. The monoisotopic (exact) mass is 560 g/mol. The van der Waals surface area contributed by atoms with Crippen LogP contribution < -0.4 is 20.3 Å². The van der Waals surface area contributed by atoms with Crippen molar-refractivity contribution < 1.29 is 13.2 Å². The molecule has 3 N–H and O–H groups in total. The van der Waals surface area contributed by atoms with E-state index in [1.165, 1.54) is 24.4 Å². The molecule has 9 nitrogen and oxygen atoms in total. The third kappa shape index (κ3) is 6.10. The first-order valence-electron chi connectivity index (χ1n) is 11.5. The van der Waals surface area contributed by atoms with Gasteiger partial charge in [-0.2, -0.15) is 4.98 Å². The van der Waals surface area contributed by atoms with Crippen LogP contribution in [-0.2, 0) is 21.2 Å². The van der Waals surface area contributed by atoms with E-state index in [1.54, 1.807) is 24.4 Å². The number of halogens is 1. The van der Waals surface area contributed by atoms with Gasteiger partial charge in [0.1, 0.15) is 10.7 Å². The highest BCUT2D eigenvalue weighted by Crippen LogP contribution is 2.31. The summed E-state index contributed by atoms with van der Waals surface area (Å²) in [6.45, 7) is 5.40. The van der Waals surface area contributed by atoms with Crippen LogP contribution in [0, 0.1) is 0 Å². The Balaban J connectivity index is 1.60. The first-order valence-corrected chi connectivity index (χ1v) is 13.7. The Bertz CT molecular complexity index is 1280. The summed E-state index contributed by atoms with van der Waals surface area (Å²) in [5, 5.41) is 6.46. The molecule has 0 bridgehead atoms. The average Bonchev–Trinajstić information content (AvgIpc) is 2.88. The number of anilines is 5. The van der Waals surface area contributed by atoms with Crippen LogP contribution in [0.25, 0.3) is 0 Å². The van der Waals surface area contributed by atoms with Crippen molar-refractivity contribution in [3.63, 3.8) is 0 Å². The zero-order chi connectivity index (χ0) is 24.8. The predicted octanol–water partition coefficient (Wildman–Crippen LogP) is 4.42. The van der Waals surface area contributed by atoms with Gasteiger partial charge in [0.2, 0.25) is 16.0 Å². The van der Waals surface area contributed by atoms with Crippen molar-refractivity contribution in [1.82, 2.24) is 14.7 Å². The van der Waals surface area contributed by atoms with Crippen molar-refractivity contribution in [3.05, 3.63) is 58.7 Å². The molecule has 0 amide bonds. The number of aryl methyl sites for hydroxylation is 1. The number of ether oxygens (including phenoxy) is 1. The number of hydrogen-bond acceptors (Lipinski definition) is 8. The molecule has 2 heterocycles. The Labute approximate surface area is 214 Å². The summed E-state index contributed by atoms with van der Waals surface area (Å²) in [6.07, 6.45) is 3.55. The SMILES string of the molecule is CCCc1cc(N2CCOCC2)ccc1Nc1ncc(Br)c(Nc2ccccc2S(=O)(=O)NC)n1. The molecule has 0 spiro atoms. The summed E-state index contributed by atoms with van der Waals surface area (Å²) in [7, 11) is -2.26. The molecule has 0 atom stereocenters. The van der Waals surface area contributed by atoms with E-state index in [4.69, 9.17) is 4.74 Å². The Morgan fingerprint density at radius 1 is 1.09 bits per heavy atom. The number of aromatic nitrogens is 2. The quantitative estimate of drug-likeness (QED) is 0.353. The van der Waals surface area contributed by atoms with Gasteiger partial charge in [0.05, 0.1) is 23.4 Å². The molecule has 4 rings (SSSR count). The normalized spacial score (nSPS) is 14.1. The zero-order valence-electron chi connectivity index (χ0n) is 19.7. The molecule has 2 aromatic carbocycles. The third-order valence-corrected chi connectivity index (χ3v) is 7.73. The van der Waals surface area contributed by atoms with Crippen LogP contribution in [0.2, 0.25) is 0 Å². The zero-order valence-corrected chi connectivity index (χ0v) is 22.1. The van der Waals surface area contributed by atoms with Gasteiger partial charge >= 0.3 is 0 Å². The van der Waals surface area contributed by atoms with Crippen LogP contribution in [0.3, 0.4) is 0 Å². The van der Waals surface area contributed by atoms with Gasteiger partial charge in [0.25, 0.3) is 0 Å². The maximum Gasteiger partial charge on any atom is 0.242 e. The molecule has 3 aromatic rings. The first kappa shape index (κ1) is 25.4. The summed E-state index contributed by atoms with van der Waals surface area (Å²) in [5.41, 5.74) is 3.72. The van der Waals surface area contributed by atoms with Gasteiger partial charge in [-0.05, 0) is 65.3 Å². The number of benzene rings is 2. The lowest BCUT2D eigenvalue weighted by molar-refractivity contribution is 0.122. The Hall–Kier alpha value is -2.73. The molecule has 0 aliphatic carbocycles. The smallest absolute Gasteiger partial charge is 0.242 e. The fourth-order valence-corrected chi connectivity index (χ4v) is 5.05. The van der Waals surface area contributed by atoms with E-state index in [9.17, 15) is 8.42 Å². The molecule has 1 fully saturated rings. The third-order valence-electron chi connectivity index (χ3n) is 5.67. The minimum absolute atomic E-state index is 0.131. The van der Waals surface area contributed by atoms with E-state index in [0.29, 0.717) is 21.9 Å². The van der Waals surface area contributed by atoms with Crippen LogP contribution in [0.5, 0.6) is 0 Å². The van der Waals surface area contributed by atoms with Crippen LogP contribution in [0.4, 0.5) is 28.8 Å². The fourth-order valence-electron chi connectivity index (χ4n) is 3.87. The lowest BCUT2D eigenvalue weighted by Gasteiger charge is -2.29. The molecule has 1 aliphatic rings. The molecule has 35 heavy (non-hydrogen) atoms. The van der Waals surface area contributed by atoms with E-state index in [0.717, 1.165) is 44.8 Å². The van der Waals surface area contributed by atoms with Crippen molar-refractivity contribution in [2.45, 2.75) is 24.7 Å². The van der Waals surface area contributed by atoms with Crippen molar-refractivity contribution in [2.75, 3.05) is 48.9 Å². The molecule has 0 unspecified atom stereocenters. The number of para-hydroxylation sites is 1. The molecular weight excluding hydrogens is 532 g/mol. The summed E-state index contributed by atoms with van der Waals surface area (Å²) in [6, 6.07) is 13.0. The van der Waals surface area contributed by atoms with E-state index in [1.807, 2.05) is 0 Å². The van der Waals surface area contributed by atoms with Gasteiger partial charge in [-0.1, -0.05) is 25.5 Å². The highest BCUT2D eigenvalue weighted by atomic mass is 79.9. The van der Waals surface area contributed by atoms with Crippen molar-refractivity contribution in [3.8, 4) is 0 Å². The van der Waals surface area contributed by atoms with Gasteiger partial charge in [0, 0.05) is 30.7 Å². The minimum Gasteiger partial charge on any atom is -0.378 e. The number of hydrogen-bond donors (Lipinski definition) is 3. The molecule has 186 valence electrons. The Morgan fingerprint density at radius 3 is 2.60 bits per heavy atom. The lowest BCUT2D eigenvalue weighted by atomic mass is 10.1. The van der Waals surface area contributed by atoms with E-state index in [2.05, 4.69) is 71.3 Å². The van der Waals surface area contributed by atoms with Crippen LogP contribution >= 0.6 is 15.9 Å². The predicted molar refractivity (Wildman–Crippen MR) is 142 cm³/mol. The number of nitrogens with zero attached hydrogens (tertiary/aromatic N) is 3. The minimum atomic E-state index is -3.64. The van der Waals surface area contributed by atoms with Gasteiger partial charge in [0.15, 0.2) is 0 Å². The lowest BCUT2D eigenvalue weighted by Crippen LogP contribution is -2.36.